The zero-order chi connectivity index (χ0) is 19.7. The number of carbonyl (C=O) groups is 1. The van der Waals surface area contributed by atoms with E-state index in [0.29, 0.717) is 22.6 Å². The molecule has 7 heteroatoms. The molecular weight excluding hydrogens is 360 g/mol. The Kier molecular flexibility index (Phi) is 4.33. The lowest BCUT2D eigenvalue weighted by atomic mass is 10.1. The van der Waals surface area contributed by atoms with Crippen LogP contribution in [0.2, 0.25) is 0 Å². The van der Waals surface area contributed by atoms with Crippen LogP contribution in [0.5, 0.6) is 5.75 Å². The van der Waals surface area contributed by atoms with E-state index in [0.717, 1.165) is 11.1 Å². The van der Waals surface area contributed by atoms with Gasteiger partial charge in [0.15, 0.2) is 5.75 Å². The van der Waals surface area contributed by atoms with Crippen LogP contribution in [0.25, 0.3) is 22.2 Å². The van der Waals surface area contributed by atoms with Gasteiger partial charge in [0.1, 0.15) is 11.3 Å². The van der Waals surface area contributed by atoms with E-state index < -0.39 is 10.9 Å². The topological polar surface area (TPSA) is 95.5 Å². The molecule has 0 amide bonds. The fraction of sp³-hybridized carbons (Fsp3) is 0.0476. The standard InChI is InChI=1S/C21H14N2O5/c1-13-8-9-14-4-3-7-18(20(14)22-13)28-21(24)19-11-10-17(27-19)15-5-2-6-16(12-15)23(25)26/h2-12H,1H3. The Hall–Kier alpha value is -4.00. The van der Waals surface area contributed by atoms with Crippen molar-refractivity contribution in [2.75, 3.05) is 0 Å². The molecule has 0 saturated heterocycles. The van der Waals surface area contributed by atoms with Crippen molar-refractivity contribution in [2.24, 2.45) is 0 Å². The number of hydrogen-bond donors (Lipinski definition) is 0. The average molecular weight is 374 g/mol. The minimum atomic E-state index is -0.674. The summed E-state index contributed by atoms with van der Waals surface area (Å²) in [6.07, 6.45) is 0. The number of nitrogens with zero attached hydrogens (tertiary/aromatic N) is 2. The number of ether oxygens (including phenoxy) is 1. The predicted octanol–water partition coefficient (Wildman–Crippen LogP) is 4.93. The van der Waals surface area contributed by atoms with Crippen LogP contribution < -0.4 is 4.74 Å². The summed E-state index contributed by atoms with van der Waals surface area (Å²) in [4.78, 5) is 27.4. The lowest BCUT2D eigenvalue weighted by Crippen LogP contribution is -2.07. The molecule has 4 aromatic rings. The van der Waals surface area contributed by atoms with Gasteiger partial charge < -0.3 is 9.15 Å². The van der Waals surface area contributed by atoms with E-state index >= 15 is 0 Å². The number of nitro benzene ring substituents is 1. The number of benzene rings is 2. The summed E-state index contributed by atoms with van der Waals surface area (Å²) in [5.41, 5.74) is 1.83. The van der Waals surface area contributed by atoms with Gasteiger partial charge in [0.2, 0.25) is 5.76 Å². The Morgan fingerprint density at radius 3 is 2.71 bits per heavy atom. The van der Waals surface area contributed by atoms with Gasteiger partial charge in [-0.3, -0.25) is 10.1 Å². The van der Waals surface area contributed by atoms with Crippen molar-refractivity contribution in [3.63, 3.8) is 0 Å². The fourth-order valence-corrected chi connectivity index (χ4v) is 2.83. The number of pyridine rings is 1. The molecule has 0 aliphatic rings. The van der Waals surface area contributed by atoms with Crippen molar-refractivity contribution < 1.29 is 18.9 Å². The molecule has 28 heavy (non-hydrogen) atoms. The summed E-state index contributed by atoms with van der Waals surface area (Å²) in [6.45, 7) is 1.86. The van der Waals surface area contributed by atoms with E-state index in [1.807, 2.05) is 25.1 Å². The Morgan fingerprint density at radius 1 is 1.07 bits per heavy atom. The van der Waals surface area contributed by atoms with Crippen LogP contribution in [0.3, 0.4) is 0 Å². The van der Waals surface area contributed by atoms with Crippen molar-refractivity contribution >= 4 is 22.6 Å². The maximum absolute atomic E-state index is 12.5. The van der Waals surface area contributed by atoms with Crippen LogP contribution in [-0.4, -0.2) is 15.9 Å². The molecular formula is C21H14N2O5. The molecule has 7 nitrogen and oxygen atoms in total. The lowest BCUT2D eigenvalue weighted by Gasteiger charge is -2.06. The van der Waals surface area contributed by atoms with Gasteiger partial charge in [-0.15, -0.1) is 0 Å². The third-order valence-electron chi connectivity index (χ3n) is 4.17. The number of esters is 1. The largest absolute Gasteiger partial charge is 0.449 e. The molecule has 138 valence electrons. The summed E-state index contributed by atoms with van der Waals surface area (Å²) < 4.78 is 11.0. The van der Waals surface area contributed by atoms with E-state index in [9.17, 15) is 14.9 Å². The molecule has 0 aliphatic carbocycles. The Morgan fingerprint density at radius 2 is 1.89 bits per heavy atom. The van der Waals surface area contributed by atoms with Crippen LogP contribution in [0.15, 0.2) is 71.1 Å². The van der Waals surface area contributed by atoms with Crippen LogP contribution in [0.1, 0.15) is 16.2 Å². The summed E-state index contributed by atoms with van der Waals surface area (Å²) in [5, 5.41) is 11.8. The molecule has 0 aliphatic heterocycles. The van der Waals surface area contributed by atoms with Crippen LogP contribution in [0.4, 0.5) is 5.69 Å². The highest BCUT2D eigenvalue weighted by Gasteiger charge is 2.17. The Balaban J connectivity index is 1.62. The normalized spacial score (nSPS) is 10.8. The third kappa shape index (κ3) is 3.33. The second kappa shape index (κ2) is 6.96. The number of aryl methyl sites for hydroxylation is 1. The Labute approximate surface area is 159 Å². The third-order valence-corrected chi connectivity index (χ3v) is 4.17. The predicted molar refractivity (Wildman–Crippen MR) is 102 cm³/mol. The minimum Gasteiger partial charge on any atom is -0.449 e. The van der Waals surface area contributed by atoms with Crippen molar-refractivity contribution in [1.82, 2.24) is 4.98 Å². The second-order valence-electron chi connectivity index (χ2n) is 6.14. The van der Waals surface area contributed by atoms with E-state index in [2.05, 4.69) is 4.98 Å². The van der Waals surface area contributed by atoms with Crippen molar-refractivity contribution in [2.45, 2.75) is 6.92 Å². The first-order chi connectivity index (χ1) is 13.5. The zero-order valence-electron chi connectivity index (χ0n) is 14.8. The number of carbonyl (C=O) groups excluding carboxylic acids is 1. The molecule has 2 aromatic heterocycles. The maximum atomic E-state index is 12.5. The Bertz CT molecular complexity index is 1210. The number of hydrogen-bond acceptors (Lipinski definition) is 6. The fourth-order valence-electron chi connectivity index (χ4n) is 2.83. The van der Waals surface area contributed by atoms with Gasteiger partial charge in [0.05, 0.1) is 4.92 Å². The number of nitro groups is 1. The highest BCUT2D eigenvalue weighted by molar-refractivity contribution is 5.92. The summed E-state index contributed by atoms with van der Waals surface area (Å²) in [6, 6.07) is 18.1. The zero-order valence-corrected chi connectivity index (χ0v) is 14.8. The van der Waals surface area contributed by atoms with Crippen LogP contribution >= 0.6 is 0 Å². The number of furan rings is 1. The first-order valence-electron chi connectivity index (χ1n) is 8.44. The number of aromatic nitrogens is 1. The second-order valence-corrected chi connectivity index (χ2v) is 6.14. The number of rotatable bonds is 4. The highest BCUT2D eigenvalue weighted by atomic mass is 16.6. The number of non-ortho nitro benzene ring substituents is 1. The first kappa shape index (κ1) is 17.4. The van der Waals surface area contributed by atoms with Gasteiger partial charge in [-0.2, -0.15) is 0 Å². The van der Waals surface area contributed by atoms with E-state index in [4.69, 9.17) is 9.15 Å². The van der Waals surface area contributed by atoms with Gasteiger partial charge in [-0.25, -0.2) is 9.78 Å². The van der Waals surface area contributed by atoms with Crippen LogP contribution in [0, 0.1) is 17.0 Å². The molecule has 0 N–H and O–H groups in total. The summed E-state index contributed by atoms with van der Waals surface area (Å²) in [5.74, 6) is -0.0133. The van der Waals surface area contributed by atoms with Crippen molar-refractivity contribution in [3.8, 4) is 17.1 Å². The molecule has 0 unspecified atom stereocenters. The number of fused-ring (bicyclic) bond motifs is 1. The molecule has 4 rings (SSSR count). The average Bonchev–Trinajstić information content (AvgIpc) is 3.19. The maximum Gasteiger partial charge on any atom is 0.379 e. The van der Waals surface area contributed by atoms with Gasteiger partial charge in [0.25, 0.3) is 5.69 Å². The SMILES string of the molecule is Cc1ccc2cccc(OC(=O)c3ccc(-c4cccc([N+](=O)[O-])c4)o3)c2n1. The lowest BCUT2D eigenvalue weighted by molar-refractivity contribution is -0.384. The highest BCUT2D eigenvalue weighted by Crippen LogP contribution is 2.28. The van der Waals surface area contributed by atoms with E-state index in [1.54, 1.807) is 30.3 Å². The van der Waals surface area contributed by atoms with E-state index in [1.165, 1.54) is 18.2 Å². The quantitative estimate of drug-likeness (QED) is 0.217. The molecule has 0 fully saturated rings. The molecule has 0 saturated carbocycles. The first-order valence-corrected chi connectivity index (χ1v) is 8.44. The number of para-hydroxylation sites is 1. The smallest absolute Gasteiger partial charge is 0.379 e. The van der Waals surface area contributed by atoms with Crippen LogP contribution in [-0.2, 0) is 0 Å². The van der Waals surface area contributed by atoms with E-state index in [-0.39, 0.29) is 11.4 Å². The van der Waals surface area contributed by atoms with Crippen molar-refractivity contribution in [3.05, 3.63) is 88.3 Å². The molecule has 0 bridgehead atoms. The molecule has 0 radical (unpaired) electrons. The summed E-state index contributed by atoms with van der Waals surface area (Å²) in [7, 11) is 0. The molecule has 0 atom stereocenters. The monoisotopic (exact) mass is 374 g/mol. The van der Waals surface area contributed by atoms with Gasteiger partial charge >= 0.3 is 5.97 Å². The molecule has 2 aromatic carbocycles. The molecule has 0 spiro atoms. The molecule has 2 heterocycles. The van der Waals surface area contributed by atoms with Gasteiger partial charge in [0, 0.05) is 28.8 Å². The van der Waals surface area contributed by atoms with Crippen molar-refractivity contribution in [1.29, 1.82) is 0 Å². The summed E-state index contributed by atoms with van der Waals surface area (Å²) >= 11 is 0. The van der Waals surface area contributed by atoms with Gasteiger partial charge in [-0.1, -0.05) is 30.3 Å². The minimum absolute atomic E-state index is 0.00818. The van der Waals surface area contributed by atoms with Gasteiger partial charge in [-0.05, 0) is 31.2 Å².